The van der Waals surface area contributed by atoms with Crippen LogP contribution in [0.1, 0.15) is 46.0 Å². The van der Waals surface area contributed by atoms with E-state index in [0.717, 1.165) is 13.1 Å². The van der Waals surface area contributed by atoms with E-state index in [1.165, 1.54) is 12.8 Å². The molecule has 5 nitrogen and oxygen atoms in total. The smallest absolute Gasteiger partial charge is 0.222 e. The van der Waals surface area contributed by atoms with Gasteiger partial charge in [-0.15, -0.1) is 12.4 Å². The van der Waals surface area contributed by atoms with Crippen molar-refractivity contribution in [3.63, 3.8) is 0 Å². The third kappa shape index (κ3) is 7.10. The highest BCUT2D eigenvalue weighted by Gasteiger charge is 2.28. The van der Waals surface area contributed by atoms with Crippen molar-refractivity contribution in [1.82, 2.24) is 10.2 Å². The lowest BCUT2D eigenvalue weighted by Crippen LogP contribution is -2.38. The summed E-state index contributed by atoms with van der Waals surface area (Å²) < 4.78 is 0. The van der Waals surface area contributed by atoms with Crippen LogP contribution in [-0.2, 0) is 9.59 Å². The summed E-state index contributed by atoms with van der Waals surface area (Å²) in [5, 5.41) is 2.85. The standard InChI is InChI=1S/C14H27N3O2.ClH/c1-3-17(4-2)14(19)7-5-6-13(18)16-10-12(15)11-8-9-11;/h11-12H,3-10,15H2,1-2H3,(H,16,18);1H. The lowest BCUT2D eigenvalue weighted by Gasteiger charge is -2.18. The van der Waals surface area contributed by atoms with E-state index >= 15 is 0 Å². The van der Waals surface area contributed by atoms with Gasteiger partial charge in [-0.1, -0.05) is 0 Å². The van der Waals surface area contributed by atoms with E-state index in [1.54, 1.807) is 4.90 Å². The first-order valence-corrected chi connectivity index (χ1v) is 7.38. The quantitative estimate of drug-likeness (QED) is 0.674. The van der Waals surface area contributed by atoms with Gasteiger partial charge in [0.2, 0.25) is 11.8 Å². The second-order valence-electron chi connectivity index (χ2n) is 5.22. The van der Waals surface area contributed by atoms with Crippen molar-refractivity contribution in [1.29, 1.82) is 0 Å². The lowest BCUT2D eigenvalue weighted by molar-refractivity contribution is -0.131. The van der Waals surface area contributed by atoms with Crippen LogP contribution in [0.5, 0.6) is 0 Å². The van der Waals surface area contributed by atoms with Crippen molar-refractivity contribution in [2.24, 2.45) is 11.7 Å². The highest BCUT2D eigenvalue weighted by molar-refractivity contribution is 5.85. The summed E-state index contributed by atoms with van der Waals surface area (Å²) in [7, 11) is 0. The molecule has 1 fully saturated rings. The van der Waals surface area contributed by atoms with E-state index < -0.39 is 0 Å². The Morgan fingerprint density at radius 1 is 1.25 bits per heavy atom. The van der Waals surface area contributed by atoms with E-state index in [0.29, 0.717) is 31.7 Å². The Kier molecular flexibility index (Phi) is 9.59. The van der Waals surface area contributed by atoms with Crippen LogP contribution in [0, 0.1) is 5.92 Å². The summed E-state index contributed by atoms with van der Waals surface area (Å²) in [5.74, 6) is 0.737. The number of nitrogens with one attached hydrogen (secondary N) is 1. The van der Waals surface area contributed by atoms with E-state index in [2.05, 4.69) is 5.32 Å². The fourth-order valence-electron chi connectivity index (χ4n) is 2.15. The van der Waals surface area contributed by atoms with Gasteiger partial charge < -0.3 is 16.0 Å². The zero-order valence-electron chi connectivity index (χ0n) is 12.6. The largest absolute Gasteiger partial charge is 0.355 e. The molecular formula is C14H28ClN3O2. The van der Waals surface area contributed by atoms with Crippen LogP contribution < -0.4 is 11.1 Å². The number of nitrogens with two attached hydrogens (primary N) is 1. The van der Waals surface area contributed by atoms with Gasteiger partial charge in [-0.3, -0.25) is 9.59 Å². The number of nitrogens with zero attached hydrogens (tertiary/aromatic N) is 1. The molecule has 0 aliphatic heterocycles. The first-order valence-electron chi connectivity index (χ1n) is 7.38. The molecule has 0 saturated heterocycles. The Balaban J connectivity index is 0.00000361. The molecule has 0 radical (unpaired) electrons. The summed E-state index contributed by atoms with van der Waals surface area (Å²) in [5.41, 5.74) is 5.90. The number of hydrogen-bond donors (Lipinski definition) is 2. The monoisotopic (exact) mass is 305 g/mol. The average molecular weight is 306 g/mol. The molecule has 1 rings (SSSR count). The Morgan fingerprint density at radius 3 is 2.35 bits per heavy atom. The van der Waals surface area contributed by atoms with Gasteiger partial charge in [0.15, 0.2) is 0 Å². The van der Waals surface area contributed by atoms with Gasteiger partial charge in [0.1, 0.15) is 0 Å². The molecule has 0 heterocycles. The number of halogens is 1. The maximum absolute atomic E-state index is 11.7. The SMILES string of the molecule is CCN(CC)C(=O)CCCC(=O)NCC(N)C1CC1.Cl. The van der Waals surface area contributed by atoms with Crippen LogP contribution in [-0.4, -0.2) is 42.4 Å². The minimum Gasteiger partial charge on any atom is -0.355 e. The third-order valence-corrected chi connectivity index (χ3v) is 3.67. The second-order valence-corrected chi connectivity index (χ2v) is 5.22. The number of amides is 2. The third-order valence-electron chi connectivity index (χ3n) is 3.67. The van der Waals surface area contributed by atoms with E-state index in [4.69, 9.17) is 5.73 Å². The summed E-state index contributed by atoms with van der Waals surface area (Å²) >= 11 is 0. The minimum atomic E-state index is 0. The molecule has 1 atom stereocenters. The van der Waals surface area contributed by atoms with Crippen LogP contribution in [0.15, 0.2) is 0 Å². The Bertz CT molecular complexity index is 305. The average Bonchev–Trinajstić information content (AvgIpc) is 3.21. The molecule has 1 unspecified atom stereocenters. The Hall–Kier alpha value is -0.810. The molecule has 0 aromatic heterocycles. The normalized spacial score (nSPS) is 15.2. The van der Waals surface area contributed by atoms with Crippen molar-refractivity contribution in [3.8, 4) is 0 Å². The highest BCUT2D eigenvalue weighted by Crippen LogP contribution is 2.31. The molecule has 1 saturated carbocycles. The first kappa shape index (κ1) is 19.2. The predicted octanol–water partition coefficient (Wildman–Crippen LogP) is 1.30. The van der Waals surface area contributed by atoms with Crippen LogP contribution in [0.2, 0.25) is 0 Å². The number of rotatable bonds is 9. The maximum atomic E-state index is 11.7. The van der Waals surface area contributed by atoms with Gasteiger partial charge in [0.05, 0.1) is 0 Å². The fraction of sp³-hybridized carbons (Fsp3) is 0.857. The number of hydrogen-bond acceptors (Lipinski definition) is 3. The zero-order valence-corrected chi connectivity index (χ0v) is 13.4. The van der Waals surface area contributed by atoms with E-state index in [-0.39, 0.29) is 30.3 Å². The molecule has 1 aliphatic carbocycles. The molecule has 20 heavy (non-hydrogen) atoms. The molecule has 0 bridgehead atoms. The number of carbonyl (C=O) groups is 2. The van der Waals surface area contributed by atoms with Crippen LogP contribution >= 0.6 is 12.4 Å². The molecule has 0 spiro atoms. The van der Waals surface area contributed by atoms with Crippen molar-refractivity contribution >= 4 is 24.2 Å². The molecule has 0 aromatic carbocycles. The van der Waals surface area contributed by atoms with Gasteiger partial charge >= 0.3 is 0 Å². The van der Waals surface area contributed by atoms with Crippen molar-refractivity contribution in [2.75, 3.05) is 19.6 Å². The predicted molar refractivity (Wildman–Crippen MR) is 82.7 cm³/mol. The second kappa shape index (κ2) is 10.00. The molecule has 2 amide bonds. The molecule has 3 N–H and O–H groups in total. The van der Waals surface area contributed by atoms with Crippen molar-refractivity contribution in [3.05, 3.63) is 0 Å². The van der Waals surface area contributed by atoms with Gasteiger partial charge in [-0.2, -0.15) is 0 Å². The Labute approximate surface area is 128 Å². The summed E-state index contributed by atoms with van der Waals surface area (Å²) in [6.45, 7) is 5.96. The highest BCUT2D eigenvalue weighted by atomic mass is 35.5. The number of carbonyl (C=O) groups excluding carboxylic acids is 2. The maximum Gasteiger partial charge on any atom is 0.222 e. The molecule has 118 valence electrons. The van der Waals surface area contributed by atoms with E-state index in [1.807, 2.05) is 13.8 Å². The summed E-state index contributed by atoms with van der Waals surface area (Å²) in [6.07, 6.45) is 3.85. The zero-order chi connectivity index (χ0) is 14.3. The van der Waals surface area contributed by atoms with Crippen LogP contribution in [0.4, 0.5) is 0 Å². The molecule has 1 aliphatic rings. The topological polar surface area (TPSA) is 75.4 Å². The minimum absolute atomic E-state index is 0. The fourth-order valence-corrected chi connectivity index (χ4v) is 2.15. The Morgan fingerprint density at radius 2 is 1.85 bits per heavy atom. The van der Waals surface area contributed by atoms with Crippen LogP contribution in [0.25, 0.3) is 0 Å². The summed E-state index contributed by atoms with van der Waals surface area (Å²) in [4.78, 5) is 25.1. The lowest BCUT2D eigenvalue weighted by atomic mass is 10.2. The molecular weight excluding hydrogens is 278 g/mol. The summed E-state index contributed by atoms with van der Waals surface area (Å²) in [6, 6.07) is 0.0984. The van der Waals surface area contributed by atoms with Crippen LogP contribution in [0.3, 0.4) is 0 Å². The van der Waals surface area contributed by atoms with E-state index in [9.17, 15) is 9.59 Å². The van der Waals surface area contributed by atoms with Gasteiger partial charge in [-0.05, 0) is 39.0 Å². The first-order chi connectivity index (χ1) is 9.08. The van der Waals surface area contributed by atoms with Gasteiger partial charge in [0, 0.05) is 38.5 Å². The van der Waals surface area contributed by atoms with Crippen molar-refractivity contribution < 1.29 is 9.59 Å². The van der Waals surface area contributed by atoms with Gasteiger partial charge in [0.25, 0.3) is 0 Å². The van der Waals surface area contributed by atoms with Gasteiger partial charge in [-0.25, -0.2) is 0 Å². The molecule has 0 aromatic rings. The molecule has 6 heteroatoms. The van der Waals surface area contributed by atoms with Crippen molar-refractivity contribution in [2.45, 2.75) is 52.0 Å².